The minimum absolute atomic E-state index is 0. The third kappa shape index (κ3) is 16.4. The molecule has 0 bridgehead atoms. The summed E-state index contributed by atoms with van der Waals surface area (Å²) in [6.45, 7) is 0. The molecule has 0 fully saturated rings. The van der Waals surface area contributed by atoms with Crippen LogP contribution < -0.4 is 73.2 Å². The van der Waals surface area contributed by atoms with Gasteiger partial charge in [0.05, 0.1) is 0 Å². The van der Waals surface area contributed by atoms with Crippen molar-refractivity contribution in [3.63, 3.8) is 0 Å². The molecule has 11 nitrogen and oxygen atoms in total. The average molecular weight is 1850 g/mol. The molecule has 4 aromatic carbocycles. The summed E-state index contributed by atoms with van der Waals surface area (Å²) in [5, 5.41) is 0. The fraction of sp³-hybridized carbons (Fsp3) is 0.571. The Bertz CT molecular complexity index is 3190. The molecule has 0 aliphatic carbocycles. The molecule has 4 rings (SSSR count). The summed E-state index contributed by atoms with van der Waals surface area (Å²) >= 11 is 0. The summed E-state index contributed by atoms with van der Waals surface area (Å²) in [6, 6.07) is -26.4. The van der Waals surface area contributed by atoms with Gasteiger partial charge >= 0.3 is 150 Å². The van der Waals surface area contributed by atoms with Crippen LogP contribution in [0.5, 0.6) is 0 Å². The molecule has 0 amide bonds. The Morgan fingerprint density at radius 3 is 0.274 bits per heavy atom. The second-order valence-electron chi connectivity index (χ2n) is 23.3. The summed E-state index contributed by atoms with van der Waals surface area (Å²) in [5.41, 5.74) is -112. The van der Waals surface area contributed by atoms with Crippen molar-refractivity contribution in [1.29, 1.82) is 0 Å². The van der Waals surface area contributed by atoms with Gasteiger partial charge in [-0.05, 0) is 68.8 Å². The molecule has 0 saturated heterocycles. The van der Waals surface area contributed by atoms with Crippen molar-refractivity contribution in [1.82, 2.24) is 0 Å². The molecule has 0 spiro atoms. The Labute approximate surface area is 659 Å². The average Bonchev–Trinajstić information content (AvgIpc) is 0.677. The van der Waals surface area contributed by atoms with Crippen molar-refractivity contribution in [3.8, 4) is 0 Å². The van der Waals surface area contributed by atoms with E-state index in [4.69, 9.17) is 0 Å². The number of halogens is 48. The molecule has 0 radical (unpaired) electrons. The Morgan fingerprint density at radius 1 is 0.154 bits per heavy atom. The fourth-order valence-electron chi connectivity index (χ4n) is 13.1. The minimum atomic E-state index is -8.82. The molecule has 4 aromatic rings. The van der Waals surface area contributed by atoms with Crippen LogP contribution >= 0.6 is 0 Å². The van der Waals surface area contributed by atoms with Gasteiger partial charge < -0.3 is 54.3 Å². The van der Waals surface area contributed by atoms with Crippen molar-refractivity contribution in [2.45, 2.75) is 144 Å². The first-order valence-electron chi connectivity index (χ1n) is 28.1. The zero-order chi connectivity index (χ0) is 89.6. The molecular weight excluding hydrogens is 1810 g/mol. The van der Waals surface area contributed by atoms with E-state index in [2.05, 4.69) is 37.9 Å². The second kappa shape index (κ2) is 33.1. The largest absolute Gasteiger partial charge is 1.00 e. The van der Waals surface area contributed by atoms with E-state index in [9.17, 15) is 0 Å². The molecule has 6 N–H and O–H groups in total. The molecule has 0 aliphatic heterocycles. The van der Waals surface area contributed by atoms with E-state index in [-0.39, 0.29) is 67.8 Å². The normalized spacial score (nSPS) is 15.2. The number of hydrogen-bond donors (Lipinski definition) is 0. The predicted octanol–water partition coefficient (Wildman–Crippen LogP) is 13.3. The van der Waals surface area contributed by atoms with Crippen LogP contribution in [0.25, 0.3) is 0 Å². The van der Waals surface area contributed by atoms with Crippen molar-refractivity contribution < 1.29 is 316 Å². The van der Waals surface area contributed by atoms with Crippen molar-refractivity contribution in [3.05, 3.63) is 117 Å². The van der Waals surface area contributed by atoms with Crippen molar-refractivity contribution >= 4 is 28.0 Å². The van der Waals surface area contributed by atoms with Gasteiger partial charge in [-0.1, -0.05) is 48.5 Å². The zero-order valence-electron chi connectivity index (χ0n) is 57.4. The molecule has 0 unspecified atom stereocenters. The number of alkyl halides is 48. The fourth-order valence-corrected chi connectivity index (χ4v) is 13.1. The number of rotatable bonds is 20. The van der Waals surface area contributed by atoms with Crippen LogP contribution in [0.2, 0.25) is 0 Å². The predicted molar refractivity (Wildman–Crippen MR) is 287 cm³/mol. The van der Waals surface area contributed by atoms with Gasteiger partial charge in [-0.2, -0.15) is 233 Å². The van der Waals surface area contributed by atoms with Crippen LogP contribution in [-0.4, -0.2) is 178 Å². The van der Waals surface area contributed by atoms with Gasteiger partial charge in [0.1, 0.15) is 6.15 Å². The molecule has 672 valence electrons. The smallest absolute Gasteiger partial charge is 0.412 e. The first kappa shape index (κ1) is 112. The first-order chi connectivity index (χ1) is 49.7. The SMILES string of the molecule is COC(c1cc([B-](c2cc(C(OC)(C(F)(F)F)C(F)(F)F)cc(C(OC)(C(F)(F)F)C(F)(F)F)c2)(c2cc(C(OC)(C(F)(F)F)C(F)(F)F)cc(C(OC)(C(F)(F)F)C(F)(F)F)c2)c2cc(C(OC)(C(F)(F)F)C(F)(F)F)cc(C(OC)(C(F)(F)F)C(F)(F)F)c2)cc(C(OC)(C(F)(F)F)C(F)(F)F)c1)(C(F)(F)F)C(F)(F)F.O.O.O.[K+]. The number of hydrogen-bond acceptors (Lipinski definition) is 8. The minimum Gasteiger partial charge on any atom is -0.412 e. The third-order valence-electron chi connectivity index (χ3n) is 17.9. The topological polar surface area (TPSA) is 168 Å². The van der Waals surface area contributed by atoms with Crippen LogP contribution in [0.3, 0.4) is 0 Å². The van der Waals surface area contributed by atoms with E-state index in [0.717, 1.165) is 0 Å². The van der Waals surface area contributed by atoms with Crippen molar-refractivity contribution in [2.24, 2.45) is 0 Å². The van der Waals surface area contributed by atoms with Gasteiger partial charge in [0.15, 0.2) is 0 Å². The van der Waals surface area contributed by atoms with Crippen LogP contribution in [0, 0.1) is 0 Å². The van der Waals surface area contributed by atoms with E-state index >= 15 is 211 Å². The Morgan fingerprint density at radius 2 is 0.222 bits per heavy atom. The molecule has 0 atom stereocenters. The van der Waals surface area contributed by atoms with Crippen LogP contribution in [0.15, 0.2) is 72.8 Å². The summed E-state index contributed by atoms with van der Waals surface area (Å²) in [4.78, 5) is 0. The van der Waals surface area contributed by atoms with Crippen LogP contribution in [0.4, 0.5) is 211 Å². The Hall–Kier alpha value is -5.22. The van der Waals surface area contributed by atoms with E-state index in [1.165, 1.54) is 0 Å². The molecule has 61 heteroatoms. The van der Waals surface area contributed by atoms with Gasteiger partial charge in [0, 0.05) is 56.9 Å². The maximum Gasteiger partial charge on any atom is 1.00 e. The number of methoxy groups -OCH3 is 8. The van der Waals surface area contributed by atoms with Gasteiger partial charge in [0.25, 0.3) is 44.8 Å². The molecular formula is C56H42BF48KO11. The molecule has 117 heavy (non-hydrogen) atoms. The monoisotopic (exact) mass is 1850 g/mol. The molecule has 0 aliphatic rings. The van der Waals surface area contributed by atoms with Gasteiger partial charge in [-0.3, -0.25) is 0 Å². The summed E-state index contributed by atoms with van der Waals surface area (Å²) in [7, 11) is -9.70. The third-order valence-corrected chi connectivity index (χ3v) is 17.9. The van der Waals surface area contributed by atoms with E-state index in [1.54, 1.807) is 0 Å². The number of benzene rings is 4. The van der Waals surface area contributed by atoms with Crippen LogP contribution in [0.1, 0.15) is 44.5 Å². The summed E-state index contributed by atoms with van der Waals surface area (Å²) < 4.78 is 792. The van der Waals surface area contributed by atoms with E-state index in [1.807, 2.05) is 0 Å². The maximum atomic E-state index is 15.9. The van der Waals surface area contributed by atoms with Gasteiger partial charge in [-0.15, -0.1) is 0 Å². The first-order valence-corrected chi connectivity index (χ1v) is 28.1. The number of ether oxygens (including phenoxy) is 8. The van der Waals surface area contributed by atoms with Gasteiger partial charge in [-0.25, -0.2) is 0 Å². The maximum absolute atomic E-state index is 15.9. The summed E-state index contributed by atoms with van der Waals surface area (Å²) in [5.74, 6) is 0. The van der Waals surface area contributed by atoms with Gasteiger partial charge in [0.2, 0.25) is 0 Å². The van der Waals surface area contributed by atoms with Crippen molar-refractivity contribution in [2.75, 3.05) is 56.9 Å². The molecule has 0 saturated carbocycles. The quantitative estimate of drug-likeness (QED) is 0.0622. The van der Waals surface area contributed by atoms with E-state index in [0.29, 0.717) is 0 Å². The summed E-state index contributed by atoms with van der Waals surface area (Å²) in [6.07, 6.45) is -141. The Balaban J connectivity index is 0.0000336. The van der Waals surface area contributed by atoms with Crippen LogP contribution in [-0.2, 0) is 82.7 Å². The standard InChI is InChI=1S/C56H36BF48O8.K.3H2O/c1-106-33(41(58,59)60,42(61,62)63)21-9-22(34(107-2,43(64,65)66)44(67,68)69)14-29(13-21)57(30-15-23(35(108-3,45(70,71)72)46(73,74)75)10-24(16-30)36(109-4,47(76,77)78)48(79,80)81,31-17-25(37(110-5,49(82,83)84)50(85,86)87)11-26(18-31)38(111-6,51(88,89)90)52(91,92)93)32-19-27(39(112-7,53(94,95)96)54(97,98)99)12-28(20-32)40(113-8,55(100,101)102)56(103,104)105;;;;/h9-20H,1-8H3;;3*1H2/q-1;+1;;;. The molecule has 0 aromatic heterocycles. The zero-order valence-corrected chi connectivity index (χ0v) is 60.5. The van der Waals surface area contributed by atoms with E-state index < -0.39 is 346 Å². The second-order valence-corrected chi connectivity index (χ2v) is 23.3. The Kier molecular flexibility index (Phi) is 31.6. The molecule has 0 heterocycles.